The molecule has 1 aliphatic heterocycles. The van der Waals surface area contributed by atoms with Gasteiger partial charge in [0.15, 0.2) is 5.11 Å². The molecule has 0 saturated carbocycles. The summed E-state index contributed by atoms with van der Waals surface area (Å²) >= 11 is 5.42. The van der Waals surface area contributed by atoms with Gasteiger partial charge in [-0.1, -0.05) is 6.07 Å². The zero-order valence-corrected chi connectivity index (χ0v) is 20.1. The Balaban J connectivity index is 1.52. The summed E-state index contributed by atoms with van der Waals surface area (Å²) in [5, 5.41) is 12.3. The van der Waals surface area contributed by atoms with Crippen LogP contribution in [-0.4, -0.2) is 24.7 Å². The number of nitriles is 1. The lowest BCUT2D eigenvalue weighted by Crippen LogP contribution is -2.30. The van der Waals surface area contributed by atoms with Crippen molar-refractivity contribution in [1.29, 1.82) is 5.26 Å². The highest BCUT2D eigenvalue weighted by molar-refractivity contribution is 7.80. The Labute approximate surface area is 209 Å². The Morgan fingerprint density at radius 2 is 1.71 bits per heavy atom. The van der Waals surface area contributed by atoms with Gasteiger partial charge in [0, 0.05) is 5.56 Å². The number of anilines is 1. The molecule has 0 bridgehead atoms. The number of hydrogen-bond donors (Lipinski definition) is 1. The van der Waals surface area contributed by atoms with E-state index in [4.69, 9.17) is 31.7 Å². The van der Waals surface area contributed by atoms with Crippen LogP contribution < -0.4 is 24.4 Å². The van der Waals surface area contributed by atoms with Crippen molar-refractivity contribution in [1.82, 2.24) is 5.32 Å². The van der Waals surface area contributed by atoms with E-state index in [0.29, 0.717) is 40.2 Å². The summed E-state index contributed by atoms with van der Waals surface area (Å²) in [5.74, 6) is 1.79. The number of carbonyl (C=O) groups is 1. The first-order valence-corrected chi connectivity index (χ1v) is 11.3. The Kier molecular flexibility index (Phi) is 7.29. The van der Waals surface area contributed by atoms with E-state index in [2.05, 4.69) is 11.4 Å². The van der Waals surface area contributed by atoms with Crippen LogP contribution in [0, 0.1) is 11.3 Å². The van der Waals surface area contributed by atoms with Crippen LogP contribution in [0.1, 0.15) is 23.6 Å². The van der Waals surface area contributed by atoms with Crippen LogP contribution in [0.15, 0.2) is 72.4 Å². The highest BCUT2D eigenvalue weighted by Gasteiger charge is 2.32. The fourth-order valence-corrected chi connectivity index (χ4v) is 3.88. The molecule has 0 atom stereocenters. The number of nitrogens with zero attached hydrogens (tertiary/aromatic N) is 2. The Hall–Kier alpha value is -4.35. The predicted octanol–water partition coefficient (Wildman–Crippen LogP) is 4.81. The summed E-state index contributed by atoms with van der Waals surface area (Å²) in [5.41, 5.74) is 3.19. The molecule has 7 nitrogen and oxygen atoms in total. The molecule has 1 N–H and O–H groups in total. The van der Waals surface area contributed by atoms with Gasteiger partial charge in [0.25, 0.3) is 5.91 Å². The van der Waals surface area contributed by atoms with Crippen molar-refractivity contribution in [2.24, 2.45) is 0 Å². The molecule has 0 unspecified atom stereocenters. The maximum absolute atomic E-state index is 13.1. The highest BCUT2D eigenvalue weighted by Crippen LogP contribution is 2.27. The van der Waals surface area contributed by atoms with Gasteiger partial charge in [-0.2, -0.15) is 5.26 Å². The lowest BCUT2D eigenvalue weighted by atomic mass is 10.1. The van der Waals surface area contributed by atoms with Gasteiger partial charge in [-0.05, 0) is 91.4 Å². The largest absolute Gasteiger partial charge is 0.496 e. The average molecular weight is 486 g/mol. The quantitative estimate of drug-likeness (QED) is 0.362. The number of carbonyl (C=O) groups excluding carboxylic acids is 1. The Bertz CT molecular complexity index is 1310. The van der Waals surface area contributed by atoms with Crippen LogP contribution in [0.25, 0.3) is 6.08 Å². The monoisotopic (exact) mass is 485 g/mol. The van der Waals surface area contributed by atoms with E-state index in [1.165, 1.54) is 4.90 Å². The smallest absolute Gasteiger partial charge is 0.281 e. The molecular weight excluding hydrogens is 462 g/mol. The molecule has 0 aromatic heterocycles. The van der Waals surface area contributed by atoms with Crippen molar-refractivity contribution in [3.8, 4) is 23.3 Å². The van der Waals surface area contributed by atoms with E-state index in [-0.39, 0.29) is 12.5 Å². The lowest BCUT2D eigenvalue weighted by molar-refractivity contribution is -0.113. The zero-order valence-electron chi connectivity index (χ0n) is 19.3. The fraction of sp³-hybridized carbons (Fsp3) is 0.148. The fourth-order valence-electron chi connectivity index (χ4n) is 3.58. The zero-order chi connectivity index (χ0) is 24.8. The standard InChI is InChI=1S/C27H23N3O4S/c1-3-33-22-11-7-21(8-12-22)30-26(31)24(29-27(30)35)15-19-6-13-25(32-2)20(14-19)17-34-23-9-4-18(16-28)5-10-23/h4-15H,3,17H2,1-2H3,(H,29,35)/b24-15+. The van der Waals surface area contributed by atoms with Crippen LogP contribution in [0.2, 0.25) is 0 Å². The number of methoxy groups -OCH3 is 1. The van der Waals surface area contributed by atoms with Crippen molar-refractivity contribution >= 4 is 35.0 Å². The van der Waals surface area contributed by atoms with Gasteiger partial charge in [0.2, 0.25) is 0 Å². The molecular formula is C27H23N3O4S. The first-order chi connectivity index (χ1) is 17.0. The molecule has 176 valence electrons. The minimum atomic E-state index is -0.245. The summed E-state index contributed by atoms with van der Waals surface area (Å²) in [6, 6.07) is 21.8. The third kappa shape index (κ3) is 5.42. The van der Waals surface area contributed by atoms with Crippen molar-refractivity contribution in [3.05, 3.63) is 89.1 Å². The minimum absolute atomic E-state index is 0.245. The highest BCUT2D eigenvalue weighted by atomic mass is 32.1. The third-order valence-corrected chi connectivity index (χ3v) is 5.56. The van der Waals surface area contributed by atoms with Gasteiger partial charge in [-0.3, -0.25) is 9.69 Å². The van der Waals surface area contributed by atoms with E-state index < -0.39 is 0 Å². The van der Waals surface area contributed by atoms with Gasteiger partial charge >= 0.3 is 0 Å². The topological polar surface area (TPSA) is 83.8 Å². The molecule has 0 aliphatic carbocycles. The van der Waals surface area contributed by atoms with Crippen LogP contribution >= 0.6 is 12.2 Å². The SMILES string of the molecule is CCOc1ccc(N2C(=O)/C(=C\c3ccc(OC)c(COc4ccc(C#N)cc4)c3)NC2=S)cc1. The Morgan fingerprint density at radius 3 is 2.37 bits per heavy atom. The molecule has 3 aromatic carbocycles. The Morgan fingerprint density at radius 1 is 1.03 bits per heavy atom. The van der Waals surface area contributed by atoms with Crippen molar-refractivity contribution in [2.45, 2.75) is 13.5 Å². The molecule has 4 rings (SSSR count). The number of ether oxygens (including phenoxy) is 3. The van der Waals surface area contributed by atoms with E-state index in [9.17, 15) is 4.79 Å². The second-order valence-corrected chi connectivity index (χ2v) is 7.94. The van der Waals surface area contributed by atoms with E-state index in [1.54, 1.807) is 61.7 Å². The lowest BCUT2D eigenvalue weighted by Gasteiger charge is -2.14. The van der Waals surface area contributed by atoms with Crippen LogP contribution in [0.4, 0.5) is 5.69 Å². The molecule has 8 heteroatoms. The third-order valence-electron chi connectivity index (χ3n) is 5.28. The number of rotatable bonds is 8. The second kappa shape index (κ2) is 10.7. The first-order valence-electron chi connectivity index (χ1n) is 10.9. The maximum atomic E-state index is 13.1. The maximum Gasteiger partial charge on any atom is 0.281 e. The van der Waals surface area contributed by atoms with Gasteiger partial charge in [0.1, 0.15) is 29.6 Å². The summed E-state index contributed by atoms with van der Waals surface area (Å²) in [7, 11) is 1.59. The number of benzene rings is 3. The minimum Gasteiger partial charge on any atom is -0.496 e. The average Bonchev–Trinajstić information content (AvgIpc) is 3.16. The molecule has 35 heavy (non-hydrogen) atoms. The number of nitrogens with one attached hydrogen (secondary N) is 1. The van der Waals surface area contributed by atoms with Crippen molar-refractivity contribution < 1.29 is 19.0 Å². The summed E-state index contributed by atoms with van der Waals surface area (Å²) in [6.07, 6.45) is 1.74. The van der Waals surface area contributed by atoms with Crippen LogP contribution in [0.3, 0.4) is 0 Å². The van der Waals surface area contributed by atoms with Gasteiger partial charge in [0.05, 0.1) is 31.0 Å². The van der Waals surface area contributed by atoms with E-state index in [0.717, 1.165) is 16.9 Å². The number of thiocarbonyl (C=S) groups is 1. The van der Waals surface area contributed by atoms with E-state index >= 15 is 0 Å². The molecule has 3 aromatic rings. The number of hydrogen-bond acceptors (Lipinski definition) is 6. The normalized spacial score (nSPS) is 14.0. The molecule has 1 aliphatic rings. The van der Waals surface area contributed by atoms with E-state index in [1.807, 2.05) is 25.1 Å². The summed E-state index contributed by atoms with van der Waals surface area (Å²) < 4.78 is 16.8. The number of amides is 1. The molecule has 1 amide bonds. The predicted molar refractivity (Wildman–Crippen MR) is 137 cm³/mol. The molecule has 1 heterocycles. The summed E-state index contributed by atoms with van der Waals surface area (Å²) in [6.45, 7) is 2.74. The van der Waals surface area contributed by atoms with Crippen LogP contribution in [0.5, 0.6) is 17.2 Å². The second-order valence-electron chi connectivity index (χ2n) is 7.55. The van der Waals surface area contributed by atoms with Gasteiger partial charge < -0.3 is 19.5 Å². The van der Waals surface area contributed by atoms with Crippen molar-refractivity contribution in [2.75, 3.05) is 18.6 Å². The molecule has 1 fully saturated rings. The van der Waals surface area contributed by atoms with Crippen molar-refractivity contribution in [3.63, 3.8) is 0 Å². The van der Waals surface area contributed by atoms with Gasteiger partial charge in [-0.25, -0.2) is 0 Å². The molecule has 0 spiro atoms. The van der Waals surface area contributed by atoms with Gasteiger partial charge in [-0.15, -0.1) is 0 Å². The molecule has 1 saturated heterocycles. The van der Waals surface area contributed by atoms with Crippen LogP contribution in [-0.2, 0) is 11.4 Å². The first kappa shape index (κ1) is 23.8. The molecule has 0 radical (unpaired) electrons. The summed E-state index contributed by atoms with van der Waals surface area (Å²) in [4.78, 5) is 14.6.